The van der Waals surface area contributed by atoms with Gasteiger partial charge in [-0.25, -0.2) is 9.10 Å². The average Bonchev–Trinajstić information content (AvgIpc) is 2.97. The monoisotopic (exact) mass is 457 g/mol. The number of para-hydroxylation sites is 3. The van der Waals surface area contributed by atoms with Gasteiger partial charge in [-0.3, -0.25) is 4.31 Å². The van der Waals surface area contributed by atoms with Crippen LogP contribution in [0.2, 0.25) is 0 Å². The Morgan fingerprint density at radius 1 is 1.03 bits per heavy atom. The van der Waals surface area contributed by atoms with Gasteiger partial charge in [0.05, 0.1) is 17.1 Å². The molecule has 0 radical (unpaired) electrons. The molecule has 1 fully saturated rings. The van der Waals surface area contributed by atoms with Crippen molar-refractivity contribution in [3.05, 3.63) is 54.6 Å². The van der Waals surface area contributed by atoms with Gasteiger partial charge < -0.3 is 9.64 Å². The third-order valence-corrected chi connectivity index (χ3v) is 7.59. The van der Waals surface area contributed by atoms with Crippen LogP contribution in [-0.4, -0.2) is 44.6 Å². The van der Waals surface area contributed by atoms with Gasteiger partial charge in [0.25, 0.3) is 0 Å². The molecule has 1 unspecified atom stereocenters. The van der Waals surface area contributed by atoms with Gasteiger partial charge in [0.1, 0.15) is 5.60 Å². The van der Waals surface area contributed by atoms with Crippen LogP contribution in [-0.2, 0) is 14.9 Å². The van der Waals surface area contributed by atoms with E-state index in [0.717, 1.165) is 12.8 Å². The summed E-state index contributed by atoms with van der Waals surface area (Å²) in [5.74, 6) is 0.226. The Labute approximate surface area is 190 Å². The predicted octanol–water partition coefficient (Wildman–Crippen LogP) is 4.93. The number of anilines is 3. The molecule has 2 aromatic rings. The highest BCUT2D eigenvalue weighted by molar-refractivity contribution is 7.95. The summed E-state index contributed by atoms with van der Waals surface area (Å²) < 4.78 is 35.5. The molecule has 4 rings (SSSR count). The van der Waals surface area contributed by atoms with Gasteiger partial charge in [-0.2, -0.15) is 8.42 Å². The molecular weight excluding hydrogens is 426 g/mol. The van der Waals surface area contributed by atoms with Crippen molar-refractivity contribution in [1.82, 2.24) is 4.90 Å². The van der Waals surface area contributed by atoms with Gasteiger partial charge in [0.2, 0.25) is 0 Å². The number of fused-ring (bicyclic) bond motifs is 1. The Hall–Kier alpha value is -2.74. The summed E-state index contributed by atoms with van der Waals surface area (Å²) in [4.78, 5) is 14.2. The van der Waals surface area contributed by atoms with Crippen LogP contribution >= 0.6 is 0 Å². The molecule has 2 aromatic carbocycles. The van der Waals surface area contributed by atoms with Gasteiger partial charge in [-0.1, -0.05) is 30.3 Å². The Balaban J connectivity index is 1.49. The van der Waals surface area contributed by atoms with Crippen molar-refractivity contribution < 1.29 is 17.9 Å². The second-order valence-electron chi connectivity index (χ2n) is 9.39. The molecule has 2 aliphatic heterocycles. The van der Waals surface area contributed by atoms with Crippen LogP contribution < -0.4 is 8.61 Å². The number of piperidine rings is 1. The van der Waals surface area contributed by atoms with Crippen LogP contribution in [0.15, 0.2) is 54.6 Å². The molecular formula is C24H31N3O4S. The molecule has 1 amide bonds. The molecule has 2 aliphatic rings. The van der Waals surface area contributed by atoms with Crippen molar-refractivity contribution in [2.45, 2.75) is 45.6 Å². The Kier molecular flexibility index (Phi) is 6.07. The van der Waals surface area contributed by atoms with E-state index in [1.807, 2.05) is 63.2 Å². The molecule has 1 saturated heterocycles. The highest BCUT2D eigenvalue weighted by Gasteiger charge is 2.41. The molecule has 7 nitrogen and oxygen atoms in total. The van der Waals surface area contributed by atoms with Crippen molar-refractivity contribution >= 4 is 33.4 Å². The van der Waals surface area contributed by atoms with Crippen molar-refractivity contribution in [2.24, 2.45) is 5.92 Å². The first-order valence-electron chi connectivity index (χ1n) is 11.1. The Morgan fingerprint density at radius 2 is 1.69 bits per heavy atom. The number of carbonyl (C=O) groups excluding carboxylic acids is 1. The third-order valence-electron chi connectivity index (χ3n) is 5.78. The quantitative estimate of drug-likeness (QED) is 0.653. The molecule has 0 bridgehead atoms. The summed E-state index contributed by atoms with van der Waals surface area (Å²) in [6, 6.07) is 16.6. The minimum absolute atomic E-state index is 0.226. The standard InChI is InChI=1S/C24H31N3O4S/c1-24(2,3)31-23(28)25-16-9-10-19(18-25)15-17-26-21-13-7-8-14-22(21)27(32(26,29)30)20-11-5-4-6-12-20/h4-8,11-14,19H,9-10,15-18H2,1-3H3. The number of amides is 1. The van der Waals surface area contributed by atoms with Crippen LogP contribution in [0.25, 0.3) is 0 Å². The summed E-state index contributed by atoms with van der Waals surface area (Å²) in [7, 11) is -3.73. The van der Waals surface area contributed by atoms with E-state index < -0.39 is 15.8 Å². The smallest absolute Gasteiger partial charge is 0.410 e. The maximum Gasteiger partial charge on any atom is 0.410 e. The maximum atomic E-state index is 13.5. The van der Waals surface area contributed by atoms with Gasteiger partial charge in [-0.05, 0) is 70.2 Å². The van der Waals surface area contributed by atoms with Crippen LogP contribution in [0.5, 0.6) is 0 Å². The molecule has 0 saturated carbocycles. The molecule has 172 valence electrons. The highest BCUT2D eigenvalue weighted by Crippen LogP contribution is 2.45. The van der Waals surface area contributed by atoms with Gasteiger partial charge in [0, 0.05) is 19.6 Å². The Morgan fingerprint density at radius 3 is 2.38 bits per heavy atom. The second kappa shape index (κ2) is 8.65. The van der Waals surface area contributed by atoms with Crippen LogP contribution in [0, 0.1) is 5.92 Å². The number of hydrogen-bond donors (Lipinski definition) is 0. The lowest BCUT2D eigenvalue weighted by Gasteiger charge is -2.34. The minimum atomic E-state index is -3.73. The largest absolute Gasteiger partial charge is 0.444 e. The van der Waals surface area contributed by atoms with Crippen molar-refractivity contribution in [1.29, 1.82) is 0 Å². The lowest BCUT2D eigenvalue weighted by atomic mass is 9.95. The minimum Gasteiger partial charge on any atom is -0.444 e. The van der Waals surface area contributed by atoms with Crippen LogP contribution in [0.1, 0.15) is 40.0 Å². The van der Waals surface area contributed by atoms with Gasteiger partial charge in [0.15, 0.2) is 0 Å². The molecule has 0 aliphatic carbocycles. The molecule has 0 N–H and O–H groups in total. The Bertz CT molecular complexity index is 1070. The van der Waals surface area contributed by atoms with E-state index in [4.69, 9.17) is 4.74 Å². The van der Waals surface area contributed by atoms with Crippen LogP contribution in [0.4, 0.5) is 21.9 Å². The summed E-state index contributed by atoms with van der Waals surface area (Å²) in [5, 5.41) is 0. The first kappa shape index (κ1) is 22.5. The molecule has 8 heteroatoms. The molecule has 0 aromatic heterocycles. The number of carbonyl (C=O) groups is 1. The molecule has 2 heterocycles. The first-order valence-corrected chi connectivity index (χ1v) is 12.5. The van der Waals surface area contributed by atoms with E-state index in [0.29, 0.717) is 43.1 Å². The fourth-order valence-electron chi connectivity index (χ4n) is 4.36. The summed E-state index contributed by atoms with van der Waals surface area (Å²) >= 11 is 0. The SMILES string of the molecule is CC(C)(C)OC(=O)N1CCCC(CCN2c3ccccc3N(c3ccccc3)S2(=O)=O)C1. The lowest BCUT2D eigenvalue weighted by molar-refractivity contribution is 0.0163. The van der Waals surface area contributed by atoms with E-state index in [2.05, 4.69) is 0 Å². The van der Waals surface area contributed by atoms with Crippen molar-refractivity contribution in [3.63, 3.8) is 0 Å². The summed E-state index contributed by atoms with van der Waals surface area (Å²) in [6.45, 7) is 7.22. The zero-order valence-electron chi connectivity index (χ0n) is 18.9. The lowest BCUT2D eigenvalue weighted by Crippen LogP contribution is -2.44. The average molecular weight is 458 g/mol. The zero-order valence-corrected chi connectivity index (χ0v) is 19.7. The van der Waals surface area contributed by atoms with Crippen LogP contribution in [0.3, 0.4) is 0 Å². The molecule has 1 atom stereocenters. The summed E-state index contributed by atoms with van der Waals surface area (Å²) in [5.41, 5.74) is 1.45. The topological polar surface area (TPSA) is 70.2 Å². The third kappa shape index (κ3) is 4.55. The van der Waals surface area contributed by atoms with E-state index in [9.17, 15) is 13.2 Å². The molecule has 32 heavy (non-hydrogen) atoms. The fraction of sp³-hybridized carbons (Fsp3) is 0.458. The zero-order chi connectivity index (χ0) is 22.9. The maximum absolute atomic E-state index is 13.5. The molecule has 0 spiro atoms. The number of benzene rings is 2. The van der Waals surface area contributed by atoms with Gasteiger partial charge in [-0.15, -0.1) is 0 Å². The number of rotatable bonds is 4. The van der Waals surface area contributed by atoms with E-state index in [-0.39, 0.29) is 12.0 Å². The number of nitrogens with zero attached hydrogens (tertiary/aromatic N) is 3. The van der Waals surface area contributed by atoms with Crippen molar-refractivity contribution in [3.8, 4) is 0 Å². The van der Waals surface area contributed by atoms with E-state index in [1.165, 1.54) is 8.61 Å². The number of ether oxygens (including phenoxy) is 1. The fourth-order valence-corrected chi connectivity index (χ4v) is 6.09. The summed E-state index contributed by atoms with van der Waals surface area (Å²) in [6.07, 6.45) is 2.24. The van der Waals surface area contributed by atoms with E-state index in [1.54, 1.807) is 17.0 Å². The second-order valence-corrected chi connectivity index (χ2v) is 11.1. The number of likely N-dealkylation sites (tertiary alicyclic amines) is 1. The first-order chi connectivity index (χ1) is 15.2. The van der Waals surface area contributed by atoms with Gasteiger partial charge >= 0.3 is 16.3 Å². The highest BCUT2D eigenvalue weighted by atomic mass is 32.2. The van der Waals surface area contributed by atoms with Crippen molar-refractivity contribution in [2.75, 3.05) is 28.2 Å². The normalized spacial score (nSPS) is 20.2. The number of hydrogen-bond acceptors (Lipinski definition) is 4. The van der Waals surface area contributed by atoms with E-state index >= 15 is 0 Å². The predicted molar refractivity (Wildman–Crippen MR) is 126 cm³/mol.